The first-order chi connectivity index (χ1) is 19.9. The first kappa shape index (κ1) is 30.3. The van der Waals surface area contributed by atoms with Crippen molar-refractivity contribution in [2.75, 3.05) is 0 Å². The molecule has 0 N–H and O–H groups in total. The van der Waals surface area contributed by atoms with Crippen LogP contribution in [-0.4, -0.2) is 10.2 Å². The fourth-order valence-electron chi connectivity index (χ4n) is 4.63. The predicted octanol–water partition coefficient (Wildman–Crippen LogP) is 10.7. The number of halogens is 2. The molecular formula is C36H35Cl2N2OS. The third-order valence-corrected chi connectivity index (χ3v) is 8.92. The molecule has 5 rings (SSSR count). The van der Waals surface area contributed by atoms with Gasteiger partial charge in [0.2, 0.25) is 0 Å². The molecule has 42 heavy (non-hydrogen) atoms. The summed E-state index contributed by atoms with van der Waals surface area (Å²) in [4.78, 5) is 0. The number of hydrogen-bond acceptors (Lipinski definition) is 4. The van der Waals surface area contributed by atoms with Crippen LogP contribution in [0.3, 0.4) is 0 Å². The number of aromatic nitrogens is 2. The van der Waals surface area contributed by atoms with Crippen LogP contribution in [-0.2, 0) is 17.4 Å². The van der Waals surface area contributed by atoms with Gasteiger partial charge in [-0.25, -0.2) is 0 Å². The fraction of sp³-hybridized carbons (Fsp3) is 0.250. The molecule has 0 spiro atoms. The molecule has 0 aliphatic rings. The minimum Gasteiger partial charge on any atom is -0.489 e. The second kappa shape index (κ2) is 12.2. The average molecular weight is 615 g/mol. The van der Waals surface area contributed by atoms with E-state index in [9.17, 15) is 0 Å². The van der Waals surface area contributed by atoms with Crippen molar-refractivity contribution >= 4 is 34.5 Å². The van der Waals surface area contributed by atoms with Gasteiger partial charge >= 0.3 is 0 Å². The molecule has 1 aromatic heterocycles. The summed E-state index contributed by atoms with van der Waals surface area (Å²) >= 11 is 14.2. The Morgan fingerprint density at radius 2 is 1.31 bits per heavy atom. The predicted molar refractivity (Wildman–Crippen MR) is 177 cm³/mol. The van der Waals surface area contributed by atoms with Gasteiger partial charge in [0.25, 0.3) is 0 Å². The number of benzene rings is 4. The maximum atomic E-state index is 6.45. The topological polar surface area (TPSA) is 35.0 Å². The van der Waals surface area contributed by atoms with Crippen LogP contribution in [0.25, 0.3) is 10.6 Å². The lowest BCUT2D eigenvalue weighted by Crippen LogP contribution is -2.11. The molecule has 0 atom stereocenters. The highest BCUT2D eigenvalue weighted by molar-refractivity contribution is 7.15. The summed E-state index contributed by atoms with van der Waals surface area (Å²) in [6.07, 6.45) is 0. The third kappa shape index (κ3) is 7.06. The molecule has 0 fully saturated rings. The van der Waals surface area contributed by atoms with Crippen molar-refractivity contribution in [2.24, 2.45) is 0 Å². The average Bonchev–Trinajstić information content (AvgIpc) is 3.43. The summed E-state index contributed by atoms with van der Waals surface area (Å²) in [7, 11) is 0. The number of nitrogens with zero attached hydrogens (tertiary/aromatic N) is 2. The number of hydrogen-bond donors (Lipinski definition) is 0. The van der Waals surface area contributed by atoms with Crippen LogP contribution in [0.5, 0.6) is 5.75 Å². The van der Waals surface area contributed by atoms with Gasteiger partial charge in [-0.1, -0.05) is 143 Å². The van der Waals surface area contributed by atoms with Crippen LogP contribution < -0.4 is 4.74 Å². The van der Waals surface area contributed by atoms with Gasteiger partial charge < -0.3 is 4.74 Å². The van der Waals surface area contributed by atoms with Crippen LogP contribution in [0.4, 0.5) is 0 Å². The molecule has 215 valence electrons. The van der Waals surface area contributed by atoms with E-state index in [-0.39, 0.29) is 10.8 Å². The molecule has 0 aliphatic heterocycles. The Labute approximate surface area is 263 Å². The molecule has 0 amide bonds. The van der Waals surface area contributed by atoms with Crippen LogP contribution in [0.2, 0.25) is 10.0 Å². The molecule has 0 saturated heterocycles. The van der Waals surface area contributed by atoms with Crippen molar-refractivity contribution in [3.8, 4) is 16.3 Å². The van der Waals surface area contributed by atoms with Crippen molar-refractivity contribution in [2.45, 2.75) is 59.0 Å². The molecule has 0 aliphatic carbocycles. The Morgan fingerprint density at radius 1 is 0.690 bits per heavy atom. The van der Waals surface area contributed by atoms with Gasteiger partial charge in [0.15, 0.2) is 0 Å². The van der Waals surface area contributed by atoms with E-state index in [4.69, 9.17) is 27.9 Å². The molecule has 0 saturated carbocycles. The van der Waals surface area contributed by atoms with Gasteiger partial charge in [-0.3, -0.25) is 0 Å². The molecule has 5 aromatic rings. The van der Waals surface area contributed by atoms with Gasteiger partial charge in [0, 0.05) is 5.56 Å². The minimum absolute atomic E-state index is 0.0567. The zero-order valence-electron chi connectivity index (χ0n) is 24.8. The molecule has 1 radical (unpaired) electrons. The van der Waals surface area contributed by atoms with E-state index in [0.29, 0.717) is 16.7 Å². The molecule has 4 aromatic carbocycles. The summed E-state index contributed by atoms with van der Waals surface area (Å²) in [5.74, 6) is 1.75. The SMILES string of the molecule is CC(C)(C)c1ccc(COc2cccc(-c3nnc([C](c4ccc(C(C)(C)C)cc4)c4ccc(Cl)c(Cl)c4)s3)c2)cc1. The summed E-state index contributed by atoms with van der Waals surface area (Å²) < 4.78 is 6.16. The third-order valence-electron chi connectivity index (χ3n) is 7.19. The number of rotatable bonds is 7. The maximum absolute atomic E-state index is 6.45. The zero-order valence-corrected chi connectivity index (χ0v) is 27.2. The van der Waals surface area contributed by atoms with E-state index in [1.165, 1.54) is 22.5 Å². The highest BCUT2D eigenvalue weighted by atomic mass is 35.5. The van der Waals surface area contributed by atoms with E-state index < -0.39 is 0 Å². The lowest BCUT2D eigenvalue weighted by Gasteiger charge is -2.21. The Kier molecular flexibility index (Phi) is 8.80. The van der Waals surface area contributed by atoms with Crippen LogP contribution in [0.15, 0.2) is 91.0 Å². The Balaban J connectivity index is 1.41. The Hall–Kier alpha value is -3.18. The lowest BCUT2D eigenvalue weighted by atomic mass is 9.84. The van der Waals surface area contributed by atoms with E-state index in [2.05, 4.69) is 100 Å². The maximum Gasteiger partial charge on any atom is 0.147 e. The second-order valence-electron chi connectivity index (χ2n) is 12.5. The summed E-state index contributed by atoms with van der Waals surface area (Å²) in [5.41, 5.74) is 6.81. The lowest BCUT2D eigenvalue weighted by molar-refractivity contribution is 0.306. The summed E-state index contributed by atoms with van der Waals surface area (Å²) in [5, 5.41) is 11.8. The van der Waals surface area contributed by atoms with Crippen molar-refractivity contribution in [3.63, 3.8) is 0 Å². The van der Waals surface area contributed by atoms with Crippen molar-refractivity contribution in [1.29, 1.82) is 0 Å². The largest absolute Gasteiger partial charge is 0.489 e. The Morgan fingerprint density at radius 3 is 1.93 bits per heavy atom. The van der Waals surface area contributed by atoms with E-state index in [1.807, 2.05) is 42.5 Å². The summed E-state index contributed by atoms with van der Waals surface area (Å²) in [6.45, 7) is 13.8. The highest BCUT2D eigenvalue weighted by Gasteiger charge is 2.25. The van der Waals surface area contributed by atoms with Gasteiger partial charge in [0.1, 0.15) is 22.4 Å². The quantitative estimate of drug-likeness (QED) is 0.183. The first-order valence-electron chi connectivity index (χ1n) is 14.0. The number of ether oxygens (including phenoxy) is 1. The van der Waals surface area contributed by atoms with Gasteiger partial charge in [0.05, 0.1) is 16.0 Å². The van der Waals surface area contributed by atoms with E-state index in [0.717, 1.165) is 43.9 Å². The van der Waals surface area contributed by atoms with Crippen molar-refractivity contribution in [1.82, 2.24) is 10.2 Å². The van der Waals surface area contributed by atoms with E-state index >= 15 is 0 Å². The van der Waals surface area contributed by atoms with Gasteiger partial charge in [-0.15, -0.1) is 10.2 Å². The molecule has 0 unspecified atom stereocenters. The van der Waals surface area contributed by atoms with Crippen LogP contribution in [0, 0.1) is 5.92 Å². The van der Waals surface area contributed by atoms with Crippen LogP contribution >= 0.6 is 34.5 Å². The van der Waals surface area contributed by atoms with Crippen molar-refractivity contribution in [3.05, 3.63) is 140 Å². The second-order valence-corrected chi connectivity index (χ2v) is 14.3. The molecular weight excluding hydrogens is 579 g/mol. The first-order valence-corrected chi connectivity index (χ1v) is 15.6. The fourth-order valence-corrected chi connectivity index (χ4v) is 5.86. The van der Waals surface area contributed by atoms with Gasteiger partial charge in [-0.2, -0.15) is 0 Å². The normalized spacial score (nSPS) is 12.1. The minimum atomic E-state index is 0.0567. The zero-order chi connectivity index (χ0) is 30.1. The summed E-state index contributed by atoms with van der Waals surface area (Å²) in [6, 6.07) is 31.0. The molecule has 1 heterocycles. The van der Waals surface area contributed by atoms with E-state index in [1.54, 1.807) is 0 Å². The molecule has 3 nitrogen and oxygen atoms in total. The van der Waals surface area contributed by atoms with Crippen LogP contribution in [0.1, 0.15) is 74.4 Å². The Bertz CT molecular complexity index is 1660. The smallest absolute Gasteiger partial charge is 0.147 e. The highest BCUT2D eigenvalue weighted by Crippen LogP contribution is 2.38. The van der Waals surface area contributed by atoms with Crippen molar-refractivity contribution < 1.29 is 4.74 Å². The standard InChI is InChI=1S/C36H35Cl2N2OS/c1-35(2,3)27-15-10-23(11-16-27)22-41-29-9-7-8-26(20-29)33-39-40-34(42-33)32(25-14-19-30(37)31(38)21-25)24-12-17-28(18-13-24)36(4,5)6/h7-21H,22H2,1-6H3. The molecule has 0 bridgehead atoms. The molecule has 6 heteroatoms. The van der Waals surface area contributed by atoms with Gasteiger partial charge in [-0.05, 0) is 62.9 Å². The monoisotopic (exact) mass is 613 g/mol.